The molecule has 0 atom stereocenters. The van der Waals surface area contributed by atoms with Gasteiger partial charge in [0.15, 0.2) is 0 Å². The third-order valence-electron chi connectivity index (χ3n) is 4.78. The van der Waals surface area contributed by atoms with Crippen molar-refractivity contribution >= 4 is 26.9 Å². The molecule has 2 aromatic carbocycles. The predicted octanol–water partition coefficient (Wildman–Crippen LogP) is 4.14. The molecular weight excluding hydrogens is 423 g/mol. The fourth-order valence-electron chi connectivity index (χ4n) is 3.40. The molecule has 0 aliphatic carbocycles. The molecule has 0 aliphatic heterocycles. The number of rotatable bonds is 6. The normalized spacial score (nSPS) is 11.5. The van der Waals surface area contributed by atoms with Gasteiger partial charge in [-0.1, -0.05) is 18.2 Å². The maximum absolute atomic E-state index is 13.8. The van der Waals surface area contributed by atoms with E-state index in [0.29, 0.717) is 5.75 Å². The van der Waals surface area contributed by atoms with Crippen LogP contribution in [0.5, 0.6) is 11.6 Å². The third-order valence-corrected chi connectivity index (χ3v) is 6.57. The highest BCUT2D eigenvalue weighted by atomic mass is 32.2. The van der Waals surface area contributed by atoms with E-state index in [2.05, 4.69) is 4.98 Å². The van der Waals surface area contributed by atoms with E-state index in [-0.39, 0.29) is 32.9 Å². The van der Waals surface area contributed by atoms with Crippen LogP contribution in [0.3, 0.4) is 0 Å². The Balaban J connectivity index is 1.78. The number of carbonyl (C=O) groups is 1. The van der Waals surface area contributed by atoms with Crippen molar-refractivity contribution in [3.63, 3.8) is 0 Å². The van der Waals surface area contributed by atoms with Gasteiger partial charge in [-0.2, -0.15) is 0 Å². The summed E-state index contributed by atoms with van der Waals surface area (Å²) in [5.74, 6) is -0.961. The minimum absolute atomic E-state index is 0.112. The van der Waals surface area contributed by atoms with Gasteiger partial charge in [0.2, 0.25) is 5.88 Å². The number of aromatic nitrogens is 2. The fraction of sp³-hybridized carbons (Fsp3) is 0.0909. The summed E-state index contributed by atoms with van der Waals surface area (Å²) >= 11 is 0. The van der Waals surface area contributed by atoms with Gasteiger partial charge >= 0.3 is 5.97 Å². The minimum atomic E-state index is -4.13. The van der Waals surface area contributed by atoms with Crippen LogP contribution in [0.2, 0.25) is 0 Å². The van der Waals surface area contributed by atoms with Crippen molar-refractivity contribution < 1.29 is 27.4 Å². The van der Waals surface area contributed by atoms with Gasteiger partial charge in [0, 0.05) is 17.1 Å². The summed E-state index contributed by atoms with van der Waals surface area (Å²) in [7, 11) is -4.13. The SMILES string of the molecule is Cc1c(CC(=O)O)c2cc(F)ccc2n1S(=O)(=O)c1ccc(Oc2ccccc2)nc1. The molecule has 9 heteroatoms. The number of benzene rings is 2. The van der Waals surface area contributed by atoms with Gasteiger partial charge < -0.3 is 9.84 Å². The molecular formula is C22H17FN2O5S. The van der Waals surface area contributed by atoms with Gasteiger partial charge in [0.25, 0.3) is 10.0 Å². The van der Waals surface area contributed by atoms with Crippen molar-refractivity contribution in [3.8, 4) is 11.6 Å². The summed E-state index contributed by atoms with van der Waals surface area (Å²) in [5, 5.41) is 9.46. The lowest BCUT2D eigenvalue weighted by Gasteiger charge is -2.11. The molecule has 2 aromatic heterocycles. The molecule has 0 saturated heterocycles. The molecule has 4 aromatic rings. The second-order valence-electron chi connectivity index (χ2n) is 6.81. The largest absolute Gasteiger partial charge is 0.481 e. The molecule has 0 saturated carbocycles. The molecule has 31 heavy (non-hydrogen) atoms. The van der Waals surface area contributed by atoms with Crippen molar-refractivity contribution in [2.24, 2.45) is 0 Å². The Labute approximate surface area is 177 Å². The van der Waals surface area contributed by atoms with Crippen LogP contribution in [-0.2, 0) is 21.2 Å². The van der Waals surface area contributed by atoms with E-state index in [1.54, 1.807) is 24.3 Å². The van der Waals surface area contributed by atoms with Gasteiger partial charge in [0.05, 0.1) is 18.1 Å². The van der Waals surface area contributed by atoms with Crippen molar-refractivity contribution in [1.82, 2.24) is 8.96 Å². The van der Waals surface area contributed by atoms with Crippen LogP contribution in [-0.4, -0.2) is 28.5 Å². The second-order valence-corrected chi connectivity index (χ2v) is 8.60. The highest BCUT2D eigenvalue weighted by Gasteiger charge is 2.26. The Bertz CT molecular complexity index is 1380. The number of hydrogen-bond acceptors (Lipinski definition) is 5. The quantitative estimate of drug-likeness (QED) is 0.484. The molecule has 0 unspecified atom stereocenters. The maximum atomic E-state index is 13.8. The van der Waals surface area contributed by atoms with Crippen LogP contribution in [0.4, 0.5) is 4.39 Å². The summed E-state index contributed by atoms with van der Waals surface area (Å²) in [6, 6.07) is 15.3. The number of ether oxygens (including phenoxy) is 1. The molecule has 7 nitrogen and oxygen atoms in total. The van der Waals surface area contributed by atoms with E-state index < -0.39 is 28.2 Å². The minimum Gasteiger partial charge on any atom is -0.481 e. The summed E-state index contributed by atoms with van der Waals surface area (Å²) < 4.78 is 47.1. The van der Waals surface area contributed by atoms with Crippen LogP contribution in [0, 0.1) is 12.7 Å². The molecule has 0 spiro atoms. The number of halogens is 1. The Morgan fingerprint density at radius 1 is 1.13 bits per heavy atom. The van der Waals surface area contributed by atoms with E-state index in [1.807, 2.05) is 6.07 Å². The Morgan fingerprint density at radius 3 is 2.52 bits per heavy atom. The first-order valence-corrected chi connectivity index (χ1v) is 10.7. The average molecular weight is 440 g/mol. The number of pyridine rings is 1. The number of aliphatic carboxylic acids is 1. The molecule has 0 radical (unpaired) electrons. The van der Waals surface area contributed by atoms with Gasteiger partial charge in [-0.05, 0) is 48.9 Å². The Hall–Kier alpha value is -3.72. The fourth-order valence-corrected chi connectivity index (χ4v) is 4.93. The second kappa shape index (κ2) is 7.84. The molecule has 158 valence electrons. The van der Waals surface area contributed by atoms with E-state index in [9.17, 15) is 22.7 Å². The lowest BCUT2D eigenvalue weighted by molar-refractivity contribution is -0.136. The smallest absolute Gasteiger partial charge is 0.307 e. The summed E-state index contributed by atoms with van der Waals surface area (Å²) in [6.45, 7) is 1.49. The van der Waals surface area contributed by atoms with Gasteiger partial charge in [-0.15, -0.1) is 0 Å². The number of carboxylic acid groups (broad SMARTS) is 1. The number of carboxylic acids is 1. The molecule has 4 rings (SSSR count). The number of para-hydroxylation sites is 1. The molecule has 0 fully saturated rings. The Kier molecular flexibility index (Phi) is 5.20. The summed E-state index contributed by atoms with van der Waals surface area (Å²) in [6.07, 6.45) is 0.732. The monoisotopic (exact) mass is 440 g/mol. The van der Waals surface area contributed by atoms with Crippen LogP contribution >= 0.6 is 0 Å². The standard InChI is InChI=1S/C22H17FN2O5S/c1-14-18(12-22(26)27)19-11-15(23)7-9-20(19)25(14)31(28,29)17-8-10-21(24-13-17)30-16-5-3-2-4-6-16/h2-11,13H,12H2,1H3,(H,26,27). The Morgan fingerprint density at radius 2 is 1.87 bits per heavy atom. The zero-order valence-electron chi connectivity index (χ0n) is 16.3. The van der Waals surface area contributed by atoms with Crippen LogP contribution in [0.25, 0.3) is 10.9 Å². The van der Waals surface area contributed by atoms with Crippen LogP contribution in [0.1, 0.15) is 11.3 Å². The molecule has 1 N–H and O–H groups in total. The van der Waals surface area contributed by atoms with Crippen molar-refractivity contribution in [2.45, 2.75) is 18.2 Å². The third kappa shape index (κ3) is 3.87. The predicted molar refractivity (Wildman–Crippen MR) is 111 cm³/mol. The number of fused-ring (bicyclic) bond motifs is 1. The van der Waals surface area contributed by atoms with Crippen molar-refractivity contribution in [3.05, 3.63) is 83.9 Å². The first kappa shape index (κ1) is 20.5. The lowest BCUT2D eigenvalue weighted by Crippen LogP contribution is -2.15. The molecule has 2 heterocycles. The van der Waals surface area contributed by atoms with Crippen LogP contribution < -0.4 is 4.74 Å². The maximum Gasteiger partial charge on any atom is 0.307 e. The topological polar surface area (TPSA) is 98.5 Å². The molecule has 0 aliphatic rings. The summed E-state index contributed by atoms with van der Waals surface area (Å²) in [5.41, 5.74) is 0.634. The van der Waals surface area contributed by atoms with E-state index >= 15 is 0 Å². The van der Waals surface area contributed by atoms with Gasteiger partial charge in [0.1, 0.15) is 16.5 Å². The highest BCUT2D eigenvalue weighted by Crippen LogP contribution is 2.31. The van der Waals surface area contributed by atoms with Gasteiger partial charge in [-0.3, -0.25) is 4.79 Å². The van der Waals surface area contributed by atoms with Crippen molar-refractivity contribution in [2.75, 3.05) is 0 Å². The molecule has 0 amide bonds. The highest BCUT2D eigenvalue weighted by molar-refractivity contribution is 7.90. The van der Waals surface area contributed by atoms with Crippen LogP contribution in [0.15, 0.2) is 71.8 Å². The zero-order chi connectivity index (χ0) is 22.2. The van der Waals surface area contributed by atoms with Gasteiger partial charge in [-0.25, -0.2) is 21.8 Å². The lowest BCUT2D eigenvalue weighted by atomic mass is 10.1. The molecule has 0 bridgehead atoms. The first-order valence-electron chi connectivity index (χ1n) is 9.23. The summed E-state index contributed by atoms with van der Waals surface area (Å²) in [4.78, 5) is 15.3. The van der Waals surface area contributed by atoms with Crippen molar-refractivity contribution in [1.29, 1.82) is 0 Å². The number of hydrogen-bond donors (Lipinski definition) is 1. The number of nitrogens with zero attached hydrogens (tertiary/aromatic N) is 2. The first-order chi connectivity index (χ1) is 14.8. The average Bonchev–Trinajstić information content (AvgIpc) is 3.00. The van der Waals surface area contributed by atoms with E-state index in [0.717, 1.165) is 16.1 Å². The zero-order valence-corrected chi connectivity index (χ0v) is 17.1. The van der Waals surface area contributed by atoms with E-state index in [4.69, 9.17) is 4.74 Å². The van der Waals surface area contributed by atoms with E-state index in [1.165, 1.54) is 31.3 Å².